The molecule has 0 aliphatic carbocycles. The Morgan fingerprint density at radius 1 is 1.08 bits per heavy atom. The van der Waals surface area contributed by atoms with Crippen LogP contribution in [0, 0.1) is 18.8 Å². The third kappa shape index (κ3) is 3.87. The molecule has 5 heteroatoms. The molecule has 0 N–H and O–H groups in total. The SMILES string of the molecule is Cc1nc(N(Cc2ccccc2)C(=O)C#Cc2ccccc2)no1. The van der Waals surface area contributed by atoms with Crippen LogP contribution in [0.3, 0.4) is 0 Å². The fourth-order valence-electron chi connectivity index (χ4n) is 2.11. The molecule has 1 aromatic heterocycles. The molecule has 2 aromatic carbocycles. The highest BCUT2D eigenvalue weighted by atomic mass is 16.5. The van der Waals surface area contributed by atoms with Gasteiger partial charge < -0.3 is 4.52 Å². The molecule has 0 spiro atoms. The molecule has 0 atom stereocenters. The maximum absolute atomic E-state index is 12.6. The molecule has 0 radical (unpaired) electrons. The van der Waals surface area contributed by atoms with Gasteiger partial charge in [-0.05, 0) is 22.9 Å². The zero-order valence-electron chi connectivity index (χ0n) is 13.1. The van der Waals surface area contributed by atoms with Gasteiger partial charge in [0.2, 0.25) is 5.89 Å². The summed E-state index contributed by atoms with van der Waals surface area (Å²) in [6.45, 7) is 2.00. The lowest BCUT2D eigenvalue weighted by molar-refractivity contribution is -0.113. The van der Waals surface area contributed by atoms with E-state index in [2.05, 4.69) is 22.0 Å². The van der Waals surface area contributed by atoms with E-state index in [-0.39, 0.29) is 11.9 Å². The molecule has 5 nitrogen and oxygen atoms in total. The van der Waals surface area contributed by atoms with Crippen LogP contribution < -0.4 is 4.90 Å². The summed E-state index contributed by atoms with van der Waals surface area (Å²) in [5, 5.41) is 3.84. The molecule has 3 aromatic rings. The van der Waals surface area contributed by atoms with Crippen molar-refractivity contribution in [2.45, 2.75) is 13.5 Å². The van der Waals surface area contributed by atoms with Crippen LogP contribution in [0.5, 0.6) is 0 Å². The van der Waals surface area contributed by atoms with Gasteiger partial charge in [0.25, 0.3) is 5.95 Å². The molecular formula is C19H15N3O2. The van der Waals surface area contributed by atoms with Crippen LogP contribution >= 0.6 is 0 Å². The molecule has 0 aliphatic rings. The van der Waals surface area contributed by atoms with Gasteiger partial charge in [-0.3, -0.25) is 9.69 Å². The van der Waals surface area contributed by atoms with Gasteiger partial charge in [0.1, 0.15) is 0 Å². The first-order chi connectivity index (χ1) is 11.7. The number of benzene rings is 2. The van der Waals surface area contributed by atoms with Gasteiger partial charge in [0.15, 0.2) is 0 Å². The number of amides is 1. The predicted octanol–water partition coefficient (Wildman–Crippen LogP) is 2.96. The minimum absolute atomic E-state index is 0.212. The summed E-state index contributed by atoms with van der Waals surface area (Å²) < 4.78 is 4.99. The van der Waals surface area contributed by atoms with E-state index < -0.39 is 0 Å². The highest BCUT2D eigenvalue weighted by Gasteiger charge is 2.19. The van der Waals surface area contributed by atoms with Crippen molar-refractivity contribution in [3.8, 4) is 11.8 Å². The molecule has 0 aliphatic heterocycles. The zero-order valence-corrected chi connectivity index (χ0v) is 13.1. The van der Waals surface area contributed by atoms with Crippen molar-refractivity contribution in [1.82, 2.24) is 10.1 Å². The molecule has 0 bridgehead atoms. The van der Waals surface area contributed by atoms with E-state index in [4.69, 9.17) is 4.52 Å². The molecule has 0 saturated heterocycles. The summed E-state index contributed by atoms with van der Waals surface area (Å²) in [7, 11) is 0. The number of anilines is 1. The Morgan fingerprint density at radius 2 is 1.75 bits per heavy atom. The molecule has 0 saturated carbocycles. The minimum atomic E-state index is -0.386. The predicted molar refractivity (Wildman–Crippen MR) is 90.0 cm³/mol. The van der Waals surface area contributed by atoms with Gasteiger partial charge in [0.05, 0.1) is 6.54 Å². The van der Waals surface area contributed by atoms with Crippen LogP contribution in [0.15, 0.2) is 65.2 Å². The van der Waals surface area contributed by atoms with Crippen LogP contribution in [0.4, 0.5) is 5.95 Å². The van der Waals surface area contributed by atoms with Crippen molar-refractivity contribution in [2.75, 3.05) is 4.90 Å². The Kier molecular flexibility index (Phi) is 4.68. The smallest absolute Gasteiger partial charge is 0.306 e. The first-order valence-corrected chi connectivity index (χ1v) is 7.45. The fourth-order valence-corrected chi connectivity index (χ4v) is 2.11. The van der Waals surface area contributed by atoms with E-state index >= 15 is 0 Å². The topological polar surface area (TPSA) is 59.2 Å². The lowest BCUT2D eigenvalue weighted by Crippen LogP contribution is -2.30. The lowest BCUT2D eigenvalue weighted by Gasteiger charge is -2.15. The number of carbonyl (C=O) groups is 1. The van der Waals surface area contributed by atoms with E-state index in [0.717, 1.165) is 11.1 Å². The van der Waals surface area contributed by atoms with Gasteiger partial charge in [-0.25, -0.2) is 0 Å². The Labute approximate surface area is 139 Å². The molecule has 24 heavy (non-hydrogen) atoms. The molecule has 118 valence electrons. The molecule has 0 unspecified atom stereocenters. The molecule has 3 rings (SSSR count). The second kappa shape index (κ2) is 7.25. The molecule has 1 amide bonds. The fraction of sp³-hybridized carbons (Fsp3) is 0.105. The summed E-state index contributed by atoms with van der Waals surface area (Å²) in [4.78, 5) is 18.1. The Bertz CT molecular complexity index is 877. The van der Waals surface area contributed by atoms with Crippen molar-refractivity contribution in [3.05, 3.63) is 77.7 Å². The second-order valence-corrected chi connectivity index (χ2v) is 5.11. The zero-order chi connectivity index (χ0) is 16.8. The average Bonchev–Trinajstić information content (AvgIpc) is 3.05. The van der Waals surface area contributed by atoms with Crippen LogP contribution in [-0.2, 0) is 11.3 Å². The molecular weight excluding hydrogens is 302 g/mol. The van der Waals surface area contributed by atoms with Crippen molar-refractivity contribution in [1.29, 1.82) is 0 Å². The van der Waals surface area contributed by atoms with E-state index in [1.54, 1.807) is 6.92 Å². The highest BCUT2D eigenvalue weighted by Crippen LogP contribution is 2.13. The van der Waals surface area contributed by atoms with Crippen LogP contribution in [-0.4, -0.2) is 16.0 Å². The Morgan fingerprint density at radius 3 is 2.38 bits per heavy atom. The van der Waals surface area contributed by atoms with Crippen LogP contribution in [0.1, 0.15) is 17.0 Å². The standard InChI is InChI=1S/C19H15N3O2/c1-15-20-19(21-24-15)22(14-17-10-6-3-7-11-17)18(23)13-12-16-8-4-2-5-9-16/h2-11H,14H2,1H3. The number of aryl methyl sites for hydroxylation is 1. The van der Waals surface area contributed by atoms with Gasteiger partial charge in [-0.2, -0.15) is 4.98 Å². The quantitative estimate of drug-likeness (QED) is 0.697. The summed E-state index contributed by atoms with van der Waals surface area (Å²) in [6, 6.07) is 18.9. The van der Waals surface area contributed by atoms with E-state index in [0.29, 0.717) is 12.4 Å². The maximum atomic E-state index is 12.6. The molecule has 1 heterocycles. The highest BCUT2D eigenvalue weighted by molar-refractivity contribution is 6.05. The number of aromatic nitrogens is 2. The van der Waals surface area contributed by atoms with Crippen molar-refractivity contribution in [2.24, 2.45) is 0 Å². The van der Waals surface area contributed by atoms with E-state index in [1.165, 1.54) is 4.90 Å². The van der Waals surface area contributed by atoms with Crippen molar-refractivity contribution >= 4 is 11.9 Å². The third-order valence-electron chi connectivity index (χ3n) is 3.27. The first-order valence-electron chi connectivity index (χ1n) is 7.45. The normalized spacial score (nSPS) is 9.88. The maximum Gasteiger partial charge on any atom is 0.306 e. The van der Waals surface area contributed by atoms with Crippen LogP contribution in [0.2, 0.25) is 0 Å². The van der Waals surface area contributed by atoms with Gasteiger partial charge in [0, 0.05) is 18.4 Å². The van der Waals surface area contributed by atoms with E-state index in [1.807, 2.05) is 60.7 Å². The monoisotopic (exact) mass is 317 g/mol. The number of carbonyl (C=O) groups excluding carboxylic acids is 1. The first kappa shape index (κ1) is 15.5. The van der Waals surface area contributed by atoms with E-state index in [9.17, 15) is 4.79 Å². The Hall–Kier alpha value is -3.39. The second-order valence-electron chi connectivity index (χ2n) is 5.11. The van der Waals surface area contributed by atoms with Gasteiger partial charge >= 0.3 is 5.91 Å². The summed E-state index contributed by atoms with van der Waals surface area (Å²) in [5.41, 5.74) is 1.73. The summed E-state index contributed by atoms with van der Waals surface area (Å²) in [5.74, 6) is 5.72. The summed E-state index contributed by atoms with van der Waals surface area (Å²) in [6.07, 6.45) is 0. The number of hydrogen-bond donors (Lipinski definition) is 0. The minimum Gasteiger partial charge on any atom is -0.338 e. The molecule has 0 fully saturated rings. The Balaban J connectivity index is 1.87. The van der Waals surface area contributed by atoms with Crippen LogP contribution in [0.25, 0.3) is 0 Å². The number of hydrogen-bond acceptors (Lipinski definition) is 4. The van der Waals surface area contributed by atoms with Crippen molar-refractivity contribution in [3.63, 3.8) is 0 Å². The average molecular weight is 317 g/mol. The van der Waals surface area contributed by atoms with Gasteiger partial charge in [-0.1, -0.05) is 54.5 Å². The largest absolute Gasteiger partial charge is 0.338 e. The lowest BCUT2D eigenvalue weighted by atomic mass is 10.2. The summed E-state index contributed by atoms with van der Waals surface area (Å²) >= 11 is 0. The van der Waals surface area contributed by atoms with Crippen molar-refractivity contribution < 1.29 is 9.32 Å². The third-order valence-corrected chi connectivity index (χ3v) is 3.27. The number of nitrogens with zero attached hydrogens (tertiary/aromatic N) is 3. The van der Waals surface area contributed by atoms with Gasteiger partial charge in [-0.15, -0.1) is 0 Å². The number of rotatable bonds is 3.